The summed E-state index contributed by atoms with van der Waals surface area (Å²) in [4.78, 5) is 1.08. The zero-order chi connectivity index (χ0) is 11.8. The average Bonchev–Trinajstić information content (AvgIpc) is 2.14. The highest BCUT2D eigenvalue weighted by Crippen LogP contribution is 2.40. The lowest BCUT2D eigenvalue weighted by molar-refractivity contribution is 0.412. The van der Waals surface area contributed by atoms with Gasteiger partial charge in [-0.3, -0.25) is 0 Å². The Kier molecular flexibility index (Phi) is 3.16. The van der Waals surface area contributed by atoms with E-state index in [1.165, 1.54) is 30.4 Å². The summed E-state index contributed by atoms with van der Waals surface area (Å²) in [6.45, 7) is 2.14. The molecule has 0 aromatic heterocycles. The Labute approximate surface area is 106 Å². The topological polar surface area (TPSA) is 35.1 Å². The number of benzene rings is 1. The lowest BCUT2D eigenvalue weighted by atomic mass is 9.79. The van der Waals surface area contributed by atoms with Crippen molar-refractivity contribution >= 4 is 11.2 Å². The lowest BCUT2D eigenvalue weighted by Crippen LogP contribution is -2.39. The molecule has 0 bridgehead atoms. The lowest BCUT2D eigenvalue weighted by Gasteiger charge is -2.30. The molecule has 2 aliphatic rings. The van der Waals surface area contributed by atoms with Gasteiger partial charge >= 0.3 is 0 Å². The second-order valence-electron chi connectivity index (χ2n) is 5.23. The average molecular weight is 249 g/mol. The summed E-state index contributed by atoms with van der Waals surface area (Å²) in [7, 11) is 0. The van der Waals surface area contributed by atoms with Crippen LogP contribution >= 0.6 is 0 Å². The standard InChI is InChI=1S/C14H19NOS/c1-17(16)14-7-11(12-8-15-9-12)5-6-13(14)10-3-2-4-10/h5-7,10,12,15H,2-4,8-9H2,1H3. The van der Waals surface area contributed by atoms with Gasteiger partial charge in [0.05, 0.1) is 0 Å². The van der Waals surface area contributed by atoms with E-state index in [1.807, 2.05) is 0 Å². The minimum Gasteiger partial charge on any atom is -0.612 e. The number of rotatable bonds is 3. The van der Waals surface area contributed by atoms with Gasteiger partial charge in [-0.05, 0) is 41.6 Å². The molecule has 1 aliphatic carbocycles. The third-order valence-electron chi connectivity index (χ3n) is 4.15. The second-order valence-corrected chi connectivity index (χ2v) is 6.58. The highest BCUT2D eigenvalue weighted by Gasteiger charge is 2.27. The van der Waals surface area contributed by atoms with Gasteiger partial charge in [0.15, 0.2) is 4.90 Å². The Morgan fingerprint density at radius 2 is 2.00 bits per heavy atom. The predicted molar refractivity (Wildman–Crippen MR) is 71.0 cm³/mol. The molecule has 92 valence electrons. The molecule has 1 aromatic carbocycles. The molecule has 2 nitrogen and oxygen atoms in total. The maximum absolute atomic E-state index is 11.9. The Morgan fingerprint density at radius 3 is 2.47 bits per heavy atom. The third kappa shape index (κ3) is 2.12. The van der Waals surface area contributed by atoms with Crippen LogP contribution in [0, 0.1) is 0 Å². The van der Waals surface area contributed by atoms with Crippen molar-refractivity contribution < 1.29 is 4.55 Å². The molecule has 1 aliphatic heterocycles. The summed E-state index contributed by atoms with van der Waals surface area (Å²) in [6.07, 6.45) is 5.68. The summed E-state index contributed by atoms with van der Waals surface area (Å²) in [5, 5.41) is 3.29. The van der Waals surface area contributed by atoms with Crippen molar-refractivity contribution in [1.29, 1.82) is 0 Å². The molecule has 0 radical (unpaired) electrons. The number of nitrogens with one attached hydrogen (secondary N) is 1. The molecule has 3 rings (SSSR count). The fourth-order valence-corrected chi connectivity index (χ4v) is 3.50. The van der Waals surface area contributed by atoms with E-state index in [9.17, 15) is 4.55 Å². The molecule has 0 amide bonds. The van der Waals surface area contributed by atoms with E-state index in [4.69, 9.17) is 0 Å². The molecule has 1 unspecified atom stereocenters. The molecule has 1 atom stereocenters. The molecule has 1 saturated heterocycles. The minimum absolute atomic E-state index is 0.632. The van der Waals surface area contributed by atoms with Crippen molar-refractivity contribution in [2.75, 3.05) is 19.3 Å². The second kappa shape index (κ2) is 4.63. The van der Waals surface area contributed by atoms with Crippen molar-refractivity contribution in [3.8, 4) is 0 Å². The molecule has 3 heteroatoms. The van der Waals surface area contributed by atoms with Crippen molar-refractivity contribution in [1.82, 2.24) is 5.32 Å². The molecule has 2 fully saturated rings. The normalized spacial score (nSPS) is 22.9. The van der Waals surface area contributed by atoms with E-state index in [0.717, 1.165) is 18.0 Å². The van der Waals surface area contributed by atoms with E-state index in [1.54, 1.807) is 6.26 Å². The number of hydrogen-bond acceptors (Lipinski definition) is 2. The molecule has 0 spiro atoms. The van der Waals surface area contributed by atoms with Crippen molar-refractivity contribution in [2.24, 2.45) is 0 Å². The van der Waals surface area contributed by atoms with E-state index in [0.29, 0.717) is 11.8 Å². The highest BCUT2D eigenvalue weighted by atomic mass is 32.2. The maximum atomic E-state index is 11.9. The van der Waals surface area contributed by atoms with Gasteiger partial charge in [-0.15, -0.1) is 0 Å². The third-order valence-corrected chi connectivity index (χ3v) is 5.12. The monoisotopic (exact) mass is 249 g/mol. The molecule has 17 heavy (non-hydrogen) atoms. The highest BCUT2D eigenvalue weighted by molar-refractivity contribution is 7.90. The quantitative estimate of drug-likeness (QED) is 0.835. The zero-order valence-corrected chi connectivity index (χ0v) is 11.1. The maximum Gasteiger partial charge on any atom is 0.156 e. The molecule has 1 heterocycles. The minimum atomic E-state index is -0.854. The van der Waals surface area contributed by atoms with Gasteiger partial charge in [0, 0.05) is 24.6 Å². The molecule has 1 aromatic rings. The summed E-state index contributed by atoms with van der Waals surface area (Å²) in [6, 6.07) is 6.67. The van der Waals surface area contributed by atoms with Crippen LogP contribution < -0.4 is 5.32 Å². The largest absolute Gasteiger partial charge is 0.612 e. The van der Waals surface area contributed by atoms with Gasteiger partial charge in [-0.2, -0.15) is 0 Å². The van der Waals surface area contributed by atoms with Gasteiger partial charge in [-0.1, -0.05) is 18.6 Å². The Morgan fingerprint density at radius 1 is 1.24 bits per heavy atom. The Balaban J connectivity index is 1.92. The van der Waals surface area contributed by atoms with Crippen LogP contribution in [0.5, 0.6) is 0 Å². The Hall–Kier alpha value is -0.510. The van der Waals surface area contributed by atoms with Gasteiger partial charge in [0.1, 0.15) is 6.26 Å². The smallest absolute Gasteiger partial charge is 0.156 e. The van der Waals surface area contributed by atoms with Crippen LogP contribution in [0.25, 0.3) is 0 Å². The van der Waals surface area contributed by atoms with Crippen molar-refractivity contribution in [2.45, 2.75) is 36.0 Å². The van der Waals surface area contributed by atoms with Crippen LogP contribution in [0.15, 0.2) is 23.1 Å². The van der Waals surface area contributed by atoms with Crippen LogP contribution in [0.4, 0.5) is 0 Å². The first-order valence-electron chi connectivity index (χ1n) is 6.43. The zero-order valence-electron chi connectivity index (χ0n) is 10.2. The van der Waals surface area contributed by atoms with Crippen LogP contribution in [-0.2, 0) is 11.2 Å². The van der Waals surface area contributed by atoms with E-state index < -0.39 is 11.2 Å². The summed E-state index contributed by atoms with van der Waals surface area (Å²) in [5.74, 6) is 1.30. The van der Waals surface area contributed by atoms with Gasteiger partial charge in [0.25, 0.3) is 0 Å². The molecule has 1 saturated carbocycles. The van der Waals surface area contributed by atoms with Crippen LogP contribution in [0.1, 0.15) is 42.2 Å². The molecular weight excluding hydrogens is 230 g/mol. The van der Waals surface area contributed by atoms with E-state index in [2.05, 4.69) is 23.5 Å². The van der Waals surface area contributed by atoms with E-state index in [-0.39, 0.29) is 0 Å². The van der Waals surface area contributed by atoms with Crippen molar-refractivity contribution in [3.05, 3.63) is 29.3 Å². The Bertz CT molecular complexity index is 411. The predicted octanol–water partition coefficient (Wildman–Crippen LogP) is 2.38. The van der Waals surface area contributed by atoms with E-state index >= 15 is 0 Å². The first-order valence-corrected chi connectivity index (χ1v) is 7.99. The first-order chi connectivity index (χ1) is 8.25. The number of hydrogen-bond donors (Lipinski definition) is 1. The van der Waals surface area contributed by atoms with Gasteiger partial charge < -0.3 is 9.87 Å². The van der Waals surface area contributed by atoms with Crippen LogP contribution in [-0.4, -0.2) is 23.9 Å². The first kappa shape index (κ1) is 11.6. The SMILES string of the molecule is C[S+]([O-])c1cc(C2CNC2)ccc1C1CCC1. The fourth-order valence-electron chi connectivity index (χ4n) is 2.63. The van der Waals surface area contributed by atoms with Crippen molar-refractivity contribution in [3.63, 3.8) is 0 Å². The van der Waals surface area contributed by atoms with Crippen LogP contribution in [0.2, 0.25) is 0 Å². The van der Waals surface area contributed by atoms with Gasteiger partial charge in [-0.25, -0.2) is 0 Å². The summed E-state index contributed by atoms with van der Waals surface area (Å²) < 4.78 is 11.9. The van der Waals surface area contributed by atoms with Gasteiger partial charge in [0.2, 0.25) is 0 Å². The fraction of sp³-hybridized carbons (Fsp3) is 0.571. The molecular formula is C14H19NOS. The summed E-state index contributed by atoms with van der Waals surface area (Å²) >= 11 is -0.854. The summed E-state index contributed by atoms with van der Waals surface area (Å²) in [5.41, 5.74) is 2.70. The molecule has 1 N–H and O–H groups in total. The van der Waals surface area contributed by atoms with Crippen LogP contribution in [0.3, 0.4) is 0 Å².